The largest absolute Gasteiger partial charge is 0.389 e. The Bertz CT molecular complexity index is 654. The Morgan fingerprint density at radius 1 is 1.44 bits per heavy atom. The lowest BCUT2D eigenvalue weighted by Crippen LogP contribution is -2.20. The standard InChI is InChI=1S/C12H10FN3OS/c13-10-2-1-8(5-9(10)12(14)18)6-16-7-15-4-3-11(16)17/h1-5,7H,6H2,(H2,14,18). The molecule has 0 radical (unpaired) electrons. The van der Waals surface area contributed by atoms with Gasteiger partial charge >= 0.3 is 0 Å². The highest BCUT2D eigenvalue weighted by molar-refractivity contribution is 7.80. The van der Waals surface area contributed by atoms with Crippen LogP contribution in [0.3, 0.4) is 0 Å². The first kappa shape index (κ1) is 12.4. The van der Waals surface area contributed by atoms with Crippen molar-refractivity contribution in [1.29, 1.82) is 0 Å². The van der Waals surface area contributed by atoms with Gasteiger partial charge in [0.05, 0.1) is 12.9 Å². The average molecular weight is 263 g/mol. The molecule has 0 amide bonds. The number of nitrogens with two attached hydrogens (primary N) is 1. The number of thiocarbonyl (C=S) groups is 1. The molecule has 0 unspecified atom stereocenters. The van der Waals surface area contributed by atoms with Crippen LogP contribution in [0.1, 0.15) is 11.1 Å². The van der Waals surface area contributed by atoms with Crippen LogP contribution >= 0.6 is 12.2 Å². The number of hydrogen-bond donors (Lipinski definition) is 1. The summed E-state index contributed by atoms with van der Waals surface area (Å²) < 4.78 is 14.8. The summed E-state index contributed by atoms with van der Waals surface area (Å²) in [7, 11) is 0. The summed E-state index contributed by atoms with van der Waals surface area (Å²) in [5, 5.41) is 0. The van der Waals surface area contributed by atoms with Crippen LogP contribution in [0.5, 0.6) is 0 Å². The van der Waals surface area contributed by atoms with Gasteiger partial charge in [-0.2, -0.15) is 0 Å². The van der Waals surface area contributed by atoms with Gasteiger partial charge in [0.25, 0.3) is 5.56 Å². The molecule has 18 heavy (non-hydrogen) atoms. The average Bonchev–Trinajstić information content (AvgIpc) is 2.34. The quantitative estimate of drug-likeness (QED) is 0.841. The molecule has 0 atom stereocenters. The van der Waals surface area contributed by atoms with E-state index in [0.717, 1.165) is 5.56 Å². The summed E-state index contributed by atoms with van der Waals surface area (Å²) in [6, 6.07) is 5.76. The summed E-state index contributed by atoms with van der Waals surface area (Å²) in [6.45, 7) is 0.294. The van der Waals surface area contributed by atoms with Crippen LogP contribution in [0.4, 0.5) is 4.39 Å². The molecule has 0 spiro atoms. The molecular weight excluding hydrogens is 253 g/mol. The van der Waals surface area contributed by atoms with E-state index in [0.29, 0.717) is 6.54 Å². The molecule has 0 aliphatic rings. The fourth-order valence-corrected chi connectivity index (χ4v) is 1.71. The minimum Gasteiger partial charge on any atom is -0.389 e. The summed E-state index contributed by atoms with van der Waals surface area (Å²) in [5.41, 5.74) is 6.15. The topological polar surface area (TPSA) is 60.9 Å². The lowest BCUT2D eigenvalue weighted by atomic mass is 10.1. The summed E-state index contributed by atoms with van der Waals surface area (Å²) in [6.07, 6.45) is 2.84. The molecule has 92 valence electrons. The van der Waals surface area contributed by atoms with Crippen molar-refractivity contribution in [2.75, 3.05) is 0 Å². The molecule has 2 rings (SSSR count). The van der Waals surface area contributed by atoms with E-state index in [1.54, 1.807) is 6.07 Å². The first-order chi connectivity index (χ1) is 8.58. The monoisotopic (exact) mass is 263 g/mol. The SMILES string of the molecule is NC(=S)c1cc(Cn2cnccc2=O)ccc1F. The van der Waals surface area contributed by atoms with Crippen molar-refractivity contribution in [3.8, 4) is 0 Å². The van der Waals surface area contributed by atoms with Gasteiger partial charge in [0, 0.05) is 17.8 Å². The molecular formula is C12H10FN3OS. The molecule has 0 bridgehead atoms. The van der Waals surface area contributed by atoms with E-state index < -0.39 is 5.82 Å². The highest BCUT2D eigenvalue weighted by atomic mass is 32.1. The smallest absolute Gasteiger partial charge is 0.253 e. The van der Waals surface area contributed by atoms with E-state index in [9.17, 15) is 9.18 Å². The number of aromatic nitrogens is 2. The minimum absolute atomic E-state index is 0.00659. The number of hydrogen-bond acceptors (Lipinski definition) is 3. The second kappa shape index (κ2) is 5.05. The second-order valence-corrected chi connectivity index (χ2v) is 4.16. The van der Waals surface area contributed by atoms with E-state index in [4.69, 9.17) is 18.0 Å². The van der Waals surface area contributed by atoms with Crippen molar-refractivity contribution >= 4 is 17.2 Å². The van der Waals surface area contributed by atoms with E-state index in [-0.39, 0.29) is 16.1 Å². The van der Waals surface area contributed by atoms with Crippen molar-refractivity contribution in [1.82, 2.24) is 9.55 Å². The molecule has 0 fully saturated rings. The normalized spacial score (nSPS) is 10.3. The summed E-state index contributed by atoms with van der Waals surface area (Å²) in [5.74, 6) is -0.468. The van der Waals surface area contributed by atoms with Crippen molar-refractivity contribution in [3.63, 3.8) is 0 Å². The van der Waals surface area contributed by atoms with Crippen molar-refractivity contribution in [2.24, 2.45) is 5.73 Å². The van der Waals surface area contributed by atoms with Crippen LogP contribution in [-0.4, -0.2) is 14.5 Å². The zero-order valence-corrected chi connectivity index (χ0v) is 10.2. The fraction of sp³-hybridized carbons (Fsp3) is 0.0833. The Kier molecular flexibility index (Phi) is 3.47. The Balaban J connectivity index is 2.36. The Morgan fingerprint density at radius 2 is 2.22 bits per heavy atom. The second-order valence-electron chi connectivity index (χ2n) is 3.72. The van der Waals surface area contributed by atoms with Gasteiger partial charge in [-0.25, -0.2) is 9.37 Å². The Hall–Kier alpha value is -2.08. The van der Waals surface area contributed by atoms with Crippen LogP contribution < -0.4 is 11.3 Å². The number of benzene rings is 1. The summed E-state index contributed by atoms with van der Waals surface area (Å²) >= 11 is 4.76. The number of halogens is 1. The first-order valence-corrected chi connectivity index (χ1v) is 5.57. The molecule has 0 saturated carbocycles. The van der Waals surface area contributed by atoms with E-state index in [2.05, 4.69) is 4.98 Å². The number of nitrogens with zero attached hydrogens (tertiary/aromatic N) is 2. The third-order valence-electron chi connectivity index (χ3n) is 2.44. The van der Waals surface area contributed by atoms with Gasteiger partial charge in [0.2, 0.25) is 0 Å². The predicted octanol–water partition coefficient (Wildman–Crippen LogP) is 1.06. The Labute approximate surface area is 108 Å². The molecule has 0 aliphatic carbocycles. The molecule has 4 nitrogen and oxygen atoms in total. The lowest BCUT2D eigenvalue weighted by molar-refractivity contribution is 0.623. The van der Waals surface area contributed by atoms with Crippen LogP contribution in [0, 0.1) is 5.82 Å². The third-order valence-corrected chi connectivity index (χ3v) is 2.66. The van der Waals surface area contributed by atoms with Crippen molar-refractivity contribution < 1.29 is 4.39 Å². The van der Waals surface area contributed by atoms with E-state index in [1.165, 1.54) is 35.3 Å². The molecule has 1 heterocycles. The van der Waals surface area contributed by atoms with Gasteiger partial charge in [-0.15, -0.1) is 0 Å². The molecule has 6 heteroatoms. The first-order valence-electron chi connectivity index (χ1n) is 5.16. The van der Waals surface area contributed by atoms with Gasteiger partial charge in [0.1, 0.15) is 10.8 Å². The predicted molar refractivity (Wildman–Crippen MR) is 69.9 cm³/mol. The molecule has 0 aliphatic heterocycles. The van der Waals surface area contributed by atoms with Crippen LogP contribution in [0.2, 0.25) is 0 Å². The minimum atomic E-state index is -0.468. The highest BCUT2D eigenvalue weighted by Crippen LogP contribution is 2.11. The zero-order chi connectivity index (χ0) is 13.1. The van der Waals surface area contributed by atoms with Crippen molar-refractivity contribution in [2.45, 2.75) is 6.54 Å². The van der Waals surface area contributed by atoms with Gasteiger partial charge in [-0.1, -0.05) is 18.3 Å². The van der Waals surface area contributed by atoms with Gasteiger partial charge in [0.15, 0.2) is 0 Å². The lowest BCUT2D eigenvalue weighted by Gasteiger charge is -2.07. The molecule has 2 aromatic rings. The maximum Gasteiger partial charge on any atom is 0.253 e. The van der Waals surface area contributed by atoms with E-state index in [1.807, 2.05) is 0 Å². The fourth-order valence-electron chi connectivity index (χ4n) is 1.55. The summed E-state index contributed by atoms with van der Waals surface area (Å²) in [4.78, 5) is 15.4. The maximum atomic E-state index is 13.4. The Morgan fingerprint density at radius 3 is 2.89 bits per heavy atom. The highest BCUT2D eigenvalue weighted by Gasteiger charge is 2.06. The molecule has 2 N–H and O–H groups in total. The van der Waals surface area contributed by atoms with Crippen LogP contribution in [0.25, 0.3) is 0 Å². The third kappa shape index (κ3) is 2.60. The number of rotatable bonds is 3. The van der Waals surface area contributed by atoms with Crippen LogP contribution in [0.15, 0.2) is 41.6 Å². The van der Waals surface area contributed by atoms with Gasteiger partial charge < -0.3 is 5.73 Å². The molecule has 0 saturated heterocycles. The van der Waals surface area contributed by atoms with Gasteiger partial charge in [-0.3, -0.25) is 9.36 Å². The van der Waals surface area contributed by atoms with E-state index >= 15 is 0 Å². The molecule has 1 aromatic heterocycles. The van der Waals surface area contributed by atoms with Crippen LogP contribution in [-0.2, 0) is 6.54 Å². The maximum absolute atomic E-state index is 13.4. The van der Waals surface area contributed by atoms with Gasteiger partial charge in [-0.05, 0) is 17.7 Å². The zero-order valence-electron chi connectivity index (χ0n) is 9.34. The van der Waals surface area contributed by atoms with Crippen molar-refractivity contribution in [3.05, 3.63) is 64.1 Å². The molecule has 1 aromatic carbocycles.